The molecule has 0 spiro atoms. The van der Waals surface area contributed by atoms with Crippen LogP contribution in [0, 0.1) is 10.1 Å². The molecule has 0 aliphatic carbocycles. The predicted molar refractivity (Wildman–Crippen MR) is 71.0 cm³/mol. The number of phenolic OH excluding ortho intramolecular Hbond substituents is 1. The van der Waals surface area contributed by atoms with Gasteiger partial charge in [0.2, 0.25) is 10.0 Å². The third kappa shape index (κ3) is 2.60. The largest absolute Gasteiger partial charge is 0.502 e. The number of phenols is 1. The van der Waals surface area contributed by atoms with Crippen molar-refractivity contribution in [3.8, 4) is 5.75 Å². The van der Waals surface area contributed by atoms with E-state index in [-0.39, 0.29) is 10.9 Å². The maximum absolute atomic E-state index is 12.5. The van der Waals surface area contributed by atoms with E-state index < -0.39 is 26.4 Å². The molecule has 0 bridgehead atoms. The summed E-state index contributed by atoms with van der Waals surface area (Å²) in [5.74, 6) is -0.553. The van der Waals surface area contributed by atoms with Gasteiger partial charge < -0.3 is 10.4 Å². The molecule has 20 heavy (non-hydrogen) atoms. The molecule has 1 aliphatic rings. The van der Waals surface area contributed by atoms with E-state index in [0.29, 0.717) is 19.6 Å². The molecule has 1 atom stereocenters. The number of nitro groups is 1. The van der Waals surface area contributed by atoms with Crippen LogP contribution in [0.2, 0.25) is 0 Å². The van der Waals surface area contributed by atoms with Crippen LogP contribution in [0.5, 0.6) is 5.75 Å². The number of benzene rings is 1. The topological polar surface area (TPSA) is 113 Å². The lowest BCUT2D eigenvalue weighted by Crippen LogP contribution is -2.52. The maximum atomic E-state index is 12.5. The summed E-state index contributed by atoms with van der Waals surface area (Å²) in [6, 6.07) is 2.85. The predicted octanol–water partition coefficient (Wildman–Crippen LogP) is 0.283. The Balaban J connectivity index is 2.44. The highest BCUT2D eigenvalue weighted by atomic mass is 32.2. The molecule has 1 aliphatic heterocycles. The molecule has 2 rings (SSSR count). The second-order valence-electron chi connectivity index (χ2n) is 4.58. The molecular weight excluding hydrogens is 286 g/mol. The number of hydrogen-bond donors (Lipinski definition) is 2. The summed E-state index contributed by atoms with van der Waals surface area (Å²) in [5, 5.41) is 23.2. The Morgan fingerprint density at radius 2 is 2.20 bits per heavy atom. The third-order valence-electron chi connectivity index (χ3n) is 3.19. The lowest BCUT2D eigenvalue weighted by molar-refractivity contribution is -0.386. The summed E-state index contributed by atoms with van der Waals surface area (Å²) < 4.78 is 26.3. The van der Waals surface area contributed by atoms with Gasteiger partial charge >= 0.3 is 5.69 Å². The van der Waals surface area contributed by atoms with E-state index in [9.17, 15) is 23.6 Å². The number of hydrogen-bond acceptors (Lipinski definition) is 6. The summed E-state index contributed by atoms with van der Waals surface area (Å²) >= 11 is 0. The molecule has 9 heteroatoms. The molecule has 1 aromatic carbocycles. The normalized spacial score (nSPS) is 20.8. The van der Waals surface area contributed by atoms with E-state index in [4.69, 9.17) is 0 Å². The molecule has 8 nitrogen and oxygen atoms in total. The van der Waals surface area contributed by atoms with Crippen molar-refractivity contribution in [1.29, 1.82) is 0 Å². The first-order chi connectivity index (χ1) is 9.34. The van der Waals surface area contributed by atoms with Crippen molar-refractivity contribution in [3.05, 3.63) is 28.3 Å². The Kier molecular flexibility index (Phi) is 3.93. The fourth-order valence-corrected chi connectivity index (χ4v) is 3.78. The minimum atomic E-state index is -3.81. The second-order valence-corrected chi connectivity index (χ2v) is 6.47. The minimum Gasteiger partial charge on any atom is -0.502 e. The van der Waals surface area contributed by atoms with Crippen molar-refractivity contribution in [2.24, 2.45) is 0 Å². The first kappa shape index (κ1) is 14.7. The van der Waals surface area contributed by atoms with Crippen molar-refractivity contribution in [1.82, 2.24) is 9.62 Å². The number of nitrogens with one attached hydrogen (secondary N) is 1. The minimum absolute atomic E-state index is 0.184. The highest BCUT2D eigenvalue weighted by Gasteiger charge is 2.32. The van der Waals surface area contributed by atoms with E-state index in [0.717, 1.165) is 12.1 Å². The van der Waals surface area contributed by atoms with E-state index >= 15 is 0 Å². The van der Waals surface area contributed by atoms with Gasteiger partial charge in [0.1, 0.15) is 0 Å². The molecule has 1 fully saturated rings. The van der Waals surface area contributed by atoms with Crippen LogP contribution < -0.4 is 5.32 Å². The molecular formula is C11H15N3O5S. The van der Waals surface area contributed by atoms with Gasteiger partial charge in [-0.2, -0.15) is 4.31 Å². The monoisotopic (exact) mass is 301 g/mol. The van der Waals surface area contributed by atoms with Gasteiger partial charge in [0.05, 0.1) is 9.82 Å². The Morgan fingerprint density at radius 1 is 1.50 bits per heavy atom. The average molecular weight is 301 g/mol. The fraction of sp³-hybridized carbons (Fsp3) is 0.455. The van der Waals surface area contributed by atoms with Crippen molar-refractivity contribution in [2.45, 2.75) is 17.9 Å². The van der Waals surface area contributed by atoms with Crippen molar-refractivity contribution in [3.63, 3.8) is 0 Å². The van der Waals surface area contributed by atoms with E-state index in [2.05, 4.69) is 5.32 Å². The number of nitro benzene ring substituents is 1. The van der Waals surface area contributed by atoms with Crippen LogP contribution in [-0.2, 0) is 10.0 Å². The highest BCUT2D eigenvalue weighted by Crippen LogP contribution is 2.30. The smallest absolute Gasteiger partial charge is 0.312 e. The molecule has 1 saturated heterocycles. The van der Waals surface area contributed by atoms with Crippen LogP contribution in [-0.4, -0.2) is 48.4 Å². The van der Waals surface area contributed by atoms with Gasteiger partial charge in [-0.3, -0.25) is 10.1 Å². The maximum Gasteiger partial charge on any atom is 0.312 e. The standard InChI is InChI=1S/C11H15N3O5S/c1-8-7-12-4-5-13(8)20(18,19)9-2-3-11(15)10(6-9)14(16)17/h2-3,6,8,12,15H,4-5,7H2,1H3/t8-/m0/s1. The Bertz CT molecular complexity index is 631. The molecule has 0 aromatic heterocycles. The lowest BCUT2D eigenvalue weighted by Gasteiger charge is -2.32. The molecule has 2 N–H and O–H groups in total. The first-order valence-electron chi connectivity index (χ1n) is 6.04. The number of sulfonamides is 1. The number of piperazine rings is 1. The summed E-state index contributed by atoms with van der Waals surface area (Å²) in [5.41, 5.74) is -0.617. The quantitative estimate of drug-likeness (QED) is 0.612. The van der Waals surface area contributed by atoms with Crippen LogP contribution in [0.1, 0.15) is 6.92 Å². The number of rotatable bonds is 3. The molecule has 1 heterocycles. The van der Waals surface area contributed by atoms with Gasteiger partial charge in [-0.1, -0.05) is 0 Å². The Hall–Kier alpha value is -1.71. The van der Waals surface area contributed by atoms with Crippen LogP contribution in [0.25, 0.3) is 0 Å². The van der Waals surface area contributed by atoms with E-state index in [1.54, 1.807) is 6.92 Å². The van der Waals surface area contributed by atoms with Crippen LogP contribution in [0.4, 0.5) is 5.69 Å². The van der Waals surface area contributed by atoms with Crippen LogP contribution in [0.15, 0.2) is 23.1 Å². The van der Waals surface area contributed by atoms with Crippen LogP contribution in [0.3, 0.4) is 0 Å². The fourth-order valence-electron chi connectivity index (χ4n) is 2.12. The van der Waals surface area contributed by atoms with Crippen molar-refractivity contribution >= 4 is 15.7 Å². The SMILES string of the molecule is C[C@H]1CNCCN1S(=O)(=O)c1ccc(O)c([N+](=O)[O-])c1. The van der Waals surface area contributed by atoms with Gasteiger partial charge in [0.15, 0.2) is 5.75 Å². The number of aromatic hydroxyl groups is 1. The van der Waals surface area contributed by atoms with Crippen LogP contribution >= 0.6 is 0 Å². The average Bonchev–Trinajstić information content (AvgIpc) is 2.38. The van der Waals surface area contributed by atoms with Crippen molar-refractivity contribution in [2.75, 3.05) is 19.6 Å². The molecule has 1 aromatic rings. The summed E-state index contributed by atoms with van der Waals surface area (Å²) in [4.78, 5) is 9.77. The zero-order valence-corrected chi connectivity index (χ0v) is 11.6. The summed E-state index contributed by atoms with van der Waals surface area (Å²) in [6.07, 6.45) is 0. The molecule has 0 amide bonds. The van der Waals surface area contributed by atoms with Gasteiger partial charge in [0, 0.05) is 31.7 Å². The van der Waals surface area contributed by atoms with E-state index in [1.165, 1.54) is 10.4 Å². The van der Waals surface area contributed by atoms with E-state index in [1.807, 2.05) is 0 Å². The first-order valence-corrected chi connectivity index (χ1v) is 7.48. The third-order valence-corrected chi connectivity index (χ3v) is 5.20. The zero-order valence-electron chi connectivity index (χ0n) is 10.8. The summed E-state index contributed by atoms with van der Waals surface area (Å²) in [6.45, 7) is 3.12. The second kappa shape index (κ2) is 5.35. The van der Waals surface area contributed by atoms with Gasteiger partial charge in [0.25, 0.3) is 0 Å². The molecule has 0 radical (unpaired) electrons. The lowest BCUT2D eigenvalue weighted by atomic mass is 10.3. The number of nitrogens with zero attached hydrogens (tertiary/aromatic N) is 2. The van der Waals surface area contributed by atoms with Gasteiger partial charge in [-0.15, -0.1) is 0 Å². The zero-order chi connectivity index (χ0) is 14.9. The molecule has 110 valence electrons. The van der Waals surface area contributed by atoms with Gasteiger partial charge in [-0.05, 0) is 19.1 Å². The highest BCUT2D eigenvalue weighted by molar-refractivity contribution is 7.89. The summed E-state index contributed by atoms with van der Waals surface area (Å²) in [7, 11) is -3.81. The Labute approximate surface area is 116 Å². The van der Waals surface area contributed by atoms with Gasteiger partial charge in [-0.25, -0.2) is 8.42 Å². The van der Waals surface area contributed by atoms with Crippen molar-refractivity contribution < 1.29 is 18.4 Å². The molecule has 0 saturated carbocycles. The Morgan fingerprint density at radius 3 is 2.80 bits per heavy atom. The molecule has 0 unspecified atom stereocenters.